The first-order valence-electron chi connectivity index (χ1n) is 10.6. The number of aromatic amines is 2. The summed E-state index contributed by atoms with van der Waals surface area (Å²) in [5.74, 6) is 0. The zero-order valence-electron chi connectivity index (χ0n) is 18.4. The van der Waals surface area contributed by atoms with E-state index in [1.807, 2.05) is 66.8 Å². The Kier molecular flexibility index (Phi) is 5.85. The molecule has 1 aromatic carbocycles. The third-order valence-corrected chi connectivity index (χ3v) is 6.50. The first-order valence-corrected chi connectivity index (χ1v) is 12.0. The minimum Gasteiger partial charge on any atom is -0.355 e. The summed E-state index contributed by atoms with van der Waals surface area (Å²) in [6.45, 7) is 0. The van der Waals surface area contributed by atoms with E-state index in [1.54, 1.807) is 12.1 Å². The normalized spacial score (nSPS) is 12.8. The van der Waals surface area contributed by atoms with Crippen molar-refractivity contribution in [2.75, 3.05) is 0 Å². The number of rotatable bonds is 2. The monoisotopic (exact) mass is 530 g/mol. The Balaban J connectivity index is 0.00000253. The number of benzene rings is 1. The average Bonchev–Trinajstić information content (AvgIpc) is 3.58. The molecule has 0 radical (unpaired) electrons. The van der Waals surface area contributed by atoms with Crippen molar-refractivity contribution in [3.8, 4) is 0 Å². The maximum atomic E-state index is 11.4. The van der Waals surface area contributed by atoms with Gasteiger partial charge in [-0.15, -0.1) is 0 Å². The molecule has 0 atom stereocenters. The van der Waals surface area contributed by atoms with Gasteiger partial charge in [0.25, 0.3) is 10.1 Å². The van der Waals surface area contributed by atoms with E-state index in [1.165, 1.54) is 12.1 Å². The van der Waals surface area contributed by atoms with Gasteiger partial charge >= 0.3 is 19.5 Å². The van der Waals surface area contributed by atoms with Crippen molar-refractivity contribution in [2.24, 2.45) is 0 Å². The fourth-order valence-electron chi connectivity index (χ4n) is 4.05. The molecule has 0 fully saturated rings. The zero-order valence-corrected chi connectivity index (χ0v) is 22.2. The quantitative estimate of drug-likeness (QED) is 0.207. The SMILES string of the molecule is O=S(=O)(O)c1ccc(C2=Cc3cc4ccc(cc5nc(cc6ccc(cc2n3)[nH]6)C=C5)[nH]4)cc1.[Zn+2]. The van der Waals surface area contributed by atoms with Crippen LogP contribution in [-0.2, 0) is 29.6 Å². The van der Waals surface area contributed by atoms with Crippen LogP contribution in [0.25, 0.3) is 45.9 Å². The molecular formula is C26H18N4O3SZn+2. The van der Waals surface area contributed by atoms with Gasteiger partial charge in [-0.05, 0) is 84.5 Å². The van der Waals surface area contributed by atoms with Crippen LogP contribution in [0, 0.1) is 0 Å². The number of hydrogen-bond donors (Lipinski definition) is 3. The second-order valence-electron chi connectivity index (χ2n) is 8.09. The number of nitrogens with one attached hydrogen (secondary N) is 2. The number of hydrogen-bond acceptors (Lipinski definition) is 4. The Morgan fingerprint density at radius 3 is 1.71 bits per heavy atom. The standard InChI is InChI=1S/C26H18N4O3S.Zn/c31-34(32,33)24-9-1-16(2-10-24)25-14-23-13-21-6-5-19(28-21)11-17-3-4-18(27-17)12-20-7-8-22(29-20)15-26(25)30-23;/h1-15,28-29H,(H,31,32,33);/q;+2. The van der Waals surface area contributed by atoms with Gasteiger partial charge in [0.05, 0.1) is 27.7 Å². The van der Waals surface area contributed by atoms with E-state index < -0.39 is 10.1 Å². The van der Waals surface area contributed by atoms with Crippen molar-refractivity contribution in [3.63, 3.8) is 0 Å². The Labute approximate surface area is 213 Å². The van der Waals surface area contributed by atoms with Crippen LogP contribution < -0.4 is 0 Å². The van der Waals surface area contributed by atoms with Crippen molar-refractivity contribution in [2.45, 2.75) is 4.90 Å². The van der Waals surface area contributed by atoms with Gasteiger partial charge in [-0.25, -0.2) is 9.97 Å². The maximum absolute atomic E-state index is 11.4. The van der Waals surface area contributed by atoms with Crippen LogP contribution in [0.1, 0.15) is 28.3 Å². The Morgan fingerprint density at radius 1 is 0.657 bits per heavy atom. The molecule has 2 aliphatic heterocycles. The van der Waals surface area contributed by atoms with Crippen LogP contribution in [0.15, 0.2) is 77.7 Å². The molecule has 0 amide bonds. The minimum absolute atomic E-state index is 0. The van der Waals surface area contributed by atoms with Gasteiger partial charge in [0, 0.05) is 27.6 Å². The Hall–Kier alpha value is -3.65. The predicted octanol–water partition coefficient (Wildman–Crippen LogP) is 5.32. The summed E-state index contributed by atoms with van der Waals surface area (Å²) in [7, 11) is -4.26. The topological polar surface area (TPSA) is 112 Å². The number of fused-ring (bicyclic) bond motifs is 8. The molecule has 7 nitrogen and oxygen atoms in total. The summed E-state index contributed by atoms with van der Waals surface area (Å²) in [4.78, 5) is 16.1. The van der Waals surface area contributed by atoms with Crippen LogP contribution in [0.4, 0.5) is 0 Å². The van der Waals surface area contributed by atoms with Gasteiger partial charge in [0.1, 0.15) is 0 Å². The summed E-state index contributed by atoms with van der Waals surface area (Å²) in [6, 6.07) is 21.9. The van der Waals surface area contributed by atoms with E-state index in [9.17, 15) is 13.0 Å². The van der Waals surface area contributed by atoms with Crippen LogP contribution >= 0.6 is 0 Å². The molecule has 0 saturated carbocycles. The Bertz CT molecular complexity index is 1780. The number of aromatic nitrogens is 4. The van der Waals surface area contributed by atoms with Crippen molar-refractivity contribution in [3.05, 3.63) is 101 Å². The van der Waals surface area contributed by atoms with Crippen molar-refractivity contribution < 1.29 is 32.4 Å². The second kappa shape index (κ2) is 8.85. The van der Waals surface area contributed by atoms with E-state index in [0.717, 1.165) is 56.0 Å². The maximum Gasteiger partial charge on any atom is 2.00 e. The second-order valence-corrected chi connectivity index (χ2v) is 9.51. The van der Waals surface area contributed by atoms with E-state index >= 15 is 0 Å². The molecule has 0 spiro atoms. The van der Waals surface area contributed by atoms with E-state index in [-0.39, 0.29) is 24.4 Å². The molecule has 8 bridgehead atoms. The van der Waals surface area contributed by atoms with E-state index in [0.29, 0.717) is 0 Å². The Morgan fingerprint density at radius 2 is 1.17 bits per heavy atom. The fraction of sp³-hybridized carbons (Fsp3) is 0. The first kappa shape index (κ1) is 23.1. The van der Waals surface area contributed by atoms with Gasteiger partial charge in [-0.1, -0.05) is 12.1 Å². The molecule has 0 aliphatic carbocycles. The van der Waals surface area contributed by atoms with Gasteiger partial charge in [-0.3, -0.25) is 4.55 Å². The van der Waals surface area contributed by atoms with Crippen molar-refractivity contribution in [1.82, 2.24) is 19.9 Å². The van der Waals surface area contributed by atoms with Crippen molar-refractivity contribution in [1.29, 1.82) is 0 Å². The minimum atomic E-state index is -4.26. The van der Waals surface area contributed by atoms with Crippen LogP contribution in [0.5, 0.6) is 0 Å². The molecule has 166 valence electrons. The summed E-state index contributed by atoms with van der Waals surface area (Å²) in [6.07, 6.45) is 5.91. The molecule has 35 heavy (non-hydrogen) atoms. The van der Waals surface area contributed by atoms with Crippen LogP contribution in [-0.4, -0.2) is 32.9 Å². The largest absolute Gasteiger partial charge is 2.00 e. The molecule has 3 N–H and O–H groups in total. The zero-order chi connectivity index (χ0) is 23.3. The molecule has 6 rings (SSSR count). The summed E-state index contributed by atoms with van der Waals surface area (Å²) in [5, 5.41) is 0. The third kappa shape index (κ3) is 4.79. The molecule has 4 aromatic rings. The van der Waals surface area contributed by atoms with Gasteiger partial charge < -0.3 is 9.97 Å². The first-order chi connectivity index (χ1) is 16.4. The smallest absolute Gasteiger partial charge is 0.355 e. The average molecular weight is 532 g/mol. The molecule has 9 heteroatoms. The van der Waals surface area contributed by atoms with Gasteiger partial charge in [0.15, 0.2) is 0 Å². The van der Waals surface area contributed by atoms with Crippen LogP contribution in [0.2, 0.25) is 0 Å². The summed E-state index contributed by atoms with van der Waals surface area (Å²) < 4.78 is 32.2. The fourth-order valence-corrected chi connectivity index (χ4v) is 4.53. The molecular weight excluding hydrogens is 514 g/mol. The molecule has 3 aromatic heterocycles. The van der Waals surface area contributed by atoms with Crippen molar-refractivity contribution >= 4 is 56.0 Å². The molecule has 5 heterocycles. The third-order valence-electron chi connectivity index (χ3n) is 5.63. The number of nitrogens with zero attached hydrogens (tertiary/aromatic N) is 2. The summed E-state index contributed by atoms with van der Waals surface area (Å²) in [5.41, 5.74) is 8.48. The van der Waals surface area contributed by atoms with Gasteiger partial charge in [0.2, 0.25) is 0 Å². The summed E-state index contributed by atoms with van der Waals surface area (Å²) >= 11 is 0. The van der Waals surface area contributed by atoms with E-state index in [2.05, 4.69) is 15.0 Å². The molecule has 2 aliphatic rings. The molecule has 0 unspecified atom stereocenters. The van der Waals surface area contributed by atoms with Crippen LogP contribution in [0.3, 0.4) is 0 Å². The molecule has 0 saturated heterocycles. The van der Waals surface area contributed by atoms with Gasteiger partial charge in [-0.2, -0.15) is 8.42 Å². The predicted molar refractivity (Wildman–Crippen MR) is 133 cm³/mol. The van der Waals surface area contributed by atoms with E-state index in [4.69, 9.17) is 4.98 Å². The number of H-pyrrole nitrogens is 2.